The smallest absolute Gasteiger partial charge is 0.271 e. The maximum Gasteiger partial charge on any atom is 0.271 e. The molecule has 0 aliphatic carbocycles. The summed E-state index contributed by atoms with van der Waals surface area (Å²) in [5.74, 6) is 0.548. The van der Waals surface area contributed by atoms with Crippen molar-refractivity contribution in [3.63, 3.8) is 0 Å². The summed E-state index contributed by atoms with van der Waals surface area (Å²) in [6.07, 6.45) is 0. The number of benzene rings is 1. The fourth-order valence-corrected chi connectivity index (χ4v) is 3.00. The van der Waals surface area contributed by atoms with Crippen molar-refractivity contribution in [3.8, 4) is 27.3 Å². The Morgan fingerprint density at radius 1 is 0.952 bits per heavy atom. The van der Waals surface area contributed by atoms with Gasteiger partial charge < -0.3 is 4.74 Å². The number of aromatic nitrogens is 2. The van der Waals surface area contributed by atoms with E-state index in [-0.39, 0.29) is 11.1 Å². The van der Waals surface area contributed by atoms with Crippen LogP contribution >= 0.6 is 11.3 Å². The lowest BCUT2D eigenvalue weighted by atomic mass is 10.0. The van der Waals surface area contributed by atoms with Crippen molar-refractivity contribution >= 4 is 11.3 Å². The van der Waals surface area contributed by atoms with Crippen LogP contribution in [0.15, 0.2) is 51.4 Å². The van der Waals surface area contributed by atoms with Crippen LogP contribution in [0.5, 0.6) is 5.75 Å². The van der Waals surface area contributed by atoms with E-state index in [1.54, 1.807) is 18.2 Å². The molecule has 0 unspecified atom stereocenters. The summed E-state index contributed by atoms with van der Waals surface area (Å²) in [7, 11) is 1.53. The lowest BCUT2D eigenvalue weighted by Gasteiger charge is -2.10. The molecule has 0 amide bonds. The Bertz CT molecular complexity index is 878. The summed E-state index contributed by atoms with van der Waals surface area (Å²) >= 11 is 1.41. The third kappa shape index (κ3) is 2.30. The van der Waals surface area contributed by atoms with E-state index >= 15 is 0 Å². The maximum atomic E-state index is 12.3. The van der Waals surface area contributed by atoms with Crippen LogP contribution in [0.1, 0.15) is 0 Å². The van der Waals surface area contributed by atoms with Crippen LogP contribution in [0, 0.1) is 0 Å². The molecule has 3 rings (SSSR count). The number of para-hydroxylation sites is 1. The summed E-state index contributed by atoms with van der Waals surface area (Å²) in [4.78, 5) is 25.2. The van der Waals surface area contributed by atoms with Gasteiger partial charge in [-0.05, 0) is 17.5 Å². The third-order valence-electron chi connectivity index (χ3n) is 3.14. The molecule has 0 fully saturated rings. The quantitative estimate of drug-likeness (QED) is 0.780. The lowest BCUT2D eigenvalue weighted by Crippen LogP contribution is -2.22. The molecular weight excluding hydrogens is 288 g/mol. The Kier molecular flexibility index (Phi) is 3.45. The molecule has 2 N–H and O–H groups in total. The van der Waals surface area contributed by atoms with Gasteiger partial charge in [0.25, 0.3) is 11.1 Å². The molecule has 0 saturated carbocycles. The molecule has 0 radical (unpaired) electrons. The van der Waals surface area contributed by atoms with Crippen LogP contribution in [-0.4, -0.2) is 17.3 Å². The fourth-order valence-electron chi connectivity index (χ4n) is 2.23. The number of aromatic amines is 2. The van der Waals surface area contributed by atoms with Crippen molar-refractivity contribution in [3.05, 3.63) is 62.5 Å². The molecule has 1 aromatic carbocycles. The second-order valence-corrected chi connectivity index (χ2v) is 5.28. The third-order valence-corrected chi connectivity index (χ3v) is 4.02. The average molecular weight is 300 g/mol. The molecule has 106 valence electrons. The highest BCUT2D eigenvalue weighted by Crippen LogP contribution is 2.34. The first-order valence-electron chi connectivity index (χ1n) is 6.24. The first-order valence-corrected chi connectivity index (χ1v) is 7.12. The average Bonchev–Trinajstić information content (AvgIpc) is 3.03. The van der Waals surface area contributed by atoms with Crippen molar-refractivity contribution in [1.29, 1.82) is 0 Å². The number of hydrogen-bond acceptors (Lipinski definition) is 4. The molecule has 0 aliphatic rings. The van der Waals surface area contributed by atoms with E-state index in [0.29, 0.717) is 22.4 Å². The first kappa shape index (κ1) is 13.4. The first-order chi connectivity index (χ1) is 10.2. The molecule has 0 aliphatic heterocycles. The largest absolute Gasteiger partial charge is 0.496 e. The van der Waals surface area contributed by atoms with Gasteiger partial charge in [-0.1, -0.05) is 24.3 Å². The number of H-pyrrole nitrogens is 2. The zero-order valence-corrected chi connectivity index (χ0v) is 12.0. The standard InChI is InChI=1S/C15H12N2O3S/c1-20-10-6-3-2-5-9(10)12-13(11-7-4-8-21-11)15(19)17-16-14(12)18/h2-8H,1H3,(H,16,18)(H,17,19). The molecule has 2 heterocycles. The van der Waals surface area contributed by atoms with Gasteiger partial charge in [-0.3, -0.25) is 19.8 Å². The van der Waals surface area contributed by atoms with E-state index in [9.17, 15) is 9.59 Å². The molecule has 3 aromatic rings. The highest BCUT2D eigenvalue weighted by Gasteiger charge is 2.19. The minimum Gasteiger partial charge on any atom is -0.496 e. The zero-order chi connectivity index (χ0) is 14.8. The SMILES string of the molecule is COc1ccccc1-c1c(-c2cccs2)c(=O)[nH][nH]c1=O. The normalized spacial score (nSPS) is 10.5. The van der Waals surface area contributed by atoms with Gasteiger partial charge in [0.05, 0.1) is 18.2 Å². The topological polar surface area (TPSA) is 75.0 Å². The second-order valence-electron chi connectivity index (χ2n) is 4.34. The molecular formula is C15H12N2O3S. The Morgan fingerprint density at radius 3 is 2.33 bits per heavy atom. The zero-order valence-electron chi connectivity index (χ0n) is 11.2. The number of hydrogen-bond donors (Lipinski definition) is 2. The Morgan fingerprint density at radius 2 is 1.67 bits per heavy atom. The van der Waals surface area contributed by atoms with Crippen LogP contribution in [0.25, 0.3) is 21.6 Å². The summed E-state index contributed by atoms with van der Waals surface area (Å²) in [6.45, 7) is 0. The van der Waals surface area contributed by atoms with Gasteiger partial charge >= 0.3 is 0 Å². The molecule has 0 spiro atoms. The van der Waals surface area contributed by atoms with Crippen LogP contribution in [-0.2, 0) is 0 Å². The molecule has 21 heavy (non-hydrogen) atoms. The number of ether oxygens (including phenoxy) is 1. The number of rotatable bonds is 3. The summed E-state index contributed by atoms with van der Waals surface area (Å²) in [5.41, 5.74) is 0.577. The fraction of sp³-hybridized carbons (Fsp3) is 0.0667. The highest BCUT2D eigenvalue weighted by atomic mass is 32.1. The van der Waals surface area contributed by atoms with E-state index in [1.807, 2.05) is 23.6 Å². The Balaban J connectivity index is 2.40. The van der Waals surface area contributed by atoms with E-state index in [4.69, 9.17) is 4.74 Å². The van der Waals surface area contributed by atoms with Crippen LogP contribution < -0.4 is 15.9 Å². The van der Waals surface area contributed by atoms with Crippen molar-refractivity contribution in [2.45, 2.75) is 0 Å². The molecule has 0 bridgehead atoms. The monoisotopic (exact) mass is 300 g/mol. The van der Waals surface area contributed by atoms with Crippen molar-refractivity contribution in [2.75, 3.05) is 7.11 Å². The van der Waals surface area contributed by atoms with Crippen LogP contribution in [0.2, 0.25) is 0 Å². The molecule has 2 aromatic heterocycles. The van der Waals surface area contributed by atoms with Gasteiger partial charge in [-0.15, -0.1) is 11.3 Å². The molecule has 6 heteroatoms. The minimum atomic E-state index is -0.359. The van der Waals surface area contributed by atoms with E-state index in [1.165, 1.54) is 18.4 Å². The summed E-state index contributed by atoms with van der Waals surface area (Å²) in [6, 6.07) is 10.8. The van der Waals surface area contributed by atoms with E-state index < -0.39 is 0 Å². The predicted molar refractivity (Wildman–Crippen MR) is 83.0 cm³/mol. The highest BCUT2D eigenvalue weighted by molar-refractivity contribution is 7.13. The van der Waals surface area contributed by atoms with Gasteiger partial charge in [0, 0.05) is 10.4 Å². The van der Waals surface area contributed by atoms with E-state index in [0.717, 1.165) is 4.88 Å². The summed E-state index contributed by atoms with van der Waals surface area (Å²) < 4.78 is 5.31. The summed E-state index contributed by atoms with van der Waals surface area (Å²) in [5, 5.41) is 6.62. The van der Waals surface area contributed by atoms with Gasteiger partial charge in [0.15, 0.2) is 0 Å². The minimum absolute atomic E-state index is 0.318. The predicted octanol–water partition coefficient (Wildman–Crippen LogP) is 2.47. The second kappa shape index (κ2) is 5.41. The van der Waals surface area contributed by atoms with E-state index in [2.05, 4.69) is 10.2 Å². The van der Waals surface area contributed by atoms with Crippen molar-refractivity contribution < 1.29 is 4.74 Å². The van der Waals surface area contributed by atoms with Gasteiger partial charge in [0.1, 0.15) is 5.75 Å². The van der Waals surface area contributed by atoms with Crippen molar-refractivity contribution in [2.24, 2.45) is 0 Å². The Labute approximate surface area is 123 Å². The molecule has 5 nitrogen and oxygen atoms in total. The van der Waals surface area contributed by atoms with Gasteiger partial charge in [-0.2, -0.15) is 0 Å². The van der Waals surface area contributed by atoms with Crippen molar-refractivity contribution in [1.82, 2.24) is 10.2 Å². The number of thiophene rings is 1. The Hall–Kier alpha value is -2.60. The lowest BCUT2D eigenvalue weighted by molar-refractivity contribution is 0.416. The maximum absolute atomic E-state index is 12.3. The number of methoxy groups -OCH3 is 1. The van der Waals surface area contributed by atoms with Gasteiger partial charge in [0.2, 0.25) is 0 Å². The van der Waals surface area contributed by atoms with Crippen LogP contribution in [0.3, 0.4) is 0 Å². The molecule has 0 atom stereocenters. The van der Waals surface area contributed by atoms with Gasteiger partial charge in [-0.25, -0.2) is 0 Å². The van der Waals surface area contributed by atoms with Crippen LogP contribution in [0.4, 0.5) is 0 Å². The molecule has 0 saturated heterocycles. The number of nitrogens with one attached hydrogen (secondary N) is 2.